The molecule has 0 saturated carbocycles. The molecule has 0 bridgehead atoms. The Morgan fingerprint density at radius 1 is 1.00 bits per heavy atom. The molecule has 1 heterocycles. The molecule has 0 spiro atoms. The number of hydrogen-bond acceptors (Lipinski definition) is 2. The Kier molecular flexibility index (Phi) is 4.45. The Hall–Kier alpha value is -1.80. The lowest BCUT2D eigenvalue weighted by atomic mass is 9.87. The maximum Gasteiger partial charge on any atom is 0.127 e. The molecule has 1 aliphatic heterocycles. The summed E-state index contributed by atoms with van der Waals surface area (Å²) in [4.78, 5) is 2.35. The van der Waals surface area contributed by atoms with Crippen molar-refractivity contribution < 1.29 is 4.74 Å². The molecule has 0 atom stereocenters. The fraction of sp³-hybridized carbons (Fsp3) is 0.429. The normalized spacial score (nSPS) is 14.0. The molecule has 0 fully saturated rings. The highest BCUT2D eigenvalue weighted by Crippen LogP contribution is 2.30. The van der Waals surface area contributed by atoms with Crippen molar-refractivity contribution in [2.24, 2.45) is 0 Å². The van der Waals surface area contributed by atoms with E-state index in [2.05, 4.69) is 75.2 Å². The van der Waals surface area contributed by atoms with Crippen LogP contribution in [0.5, 0.6) is 5.75 Å². The highest BCUT2D eigenvalue weighted by molar-refractivity contribution is 5.44. The molecule has 23 heavy (non-hydrogen) atoms. The second-order valence-corrected chi connectivity index (χ2v) is 7.62. The standard InChI is InChI=1S/C21H27NO/c1-21(2,3)19-10-8-16(9-11-19)14-22(4)15-18-7-5-6-17-12-13-23-20(17)18/h5-11H,12-15H2,1-4H3. The molecule has 0 radical (unpaired) electrons. The molecule has 2 aromatic carbocycles. The first-order valence-electron chi connectivity index (χ1n) is 8.45. The van der Waals surface area contributed by atoms with Gasteiger partial charge in [0.1, 0.15) is 5.75 Å². The summed E-state index contributed by atoms with van der Waals surface area (Å²) < 4.78 is 5.81. The van der Waals surface area contributed by atoms with Crippen molar-refractivity contribution in [3.8, 4) is 5.75 Å². The molecular weight excluding hydrogens is 282 g/mol. The van der Waals surface area contributed by atoms with Crippen molar-refractivity contribution in [2.45, 2.75) is 45.7 Å². The van der Waals surface area contributed by atoms with Crippen LogP contribution in [0.3, 0.4) is 0 Å². The van der Waals surface area contributed by atoms with Crippen molar-refractivity contribution in [1.82, 2.24) is 4.90 Å². The third-order valence-electron chi connectivity index (χ3n) is 4.51. The van der Waals surface area contributed by atoms with Crippen molar-refractivity contribution in [3.63, 3.8) is 0 Å². The number of nitrogens with zero attached hydrogens (tertiary/aromatic N) is 1. The van der Waals surface area contributed by atoms with E-state index in [9.17, 15) is 0 Å². The van der Waals surface area contributed by atoms with Crippen LogP contribution in [-0.2, 0) is 24.9 Å². The Morgan fingerprint density at radius 2 is 1.74 bits per heavy atom. The zero-order valence-corrected chi connectivity index (χ0v) is 14.7. The quantitative estimate of drug-likeness (QED) is 0.821. The lowest BCUT2D eigenvalue weighted by molar-refractivity contribution is 0.304. The van der Waals surface area contributed by atoms with Crippen LogP contribution in [0.15, 0.2) is 42.5 Å². The van der Waals surface area contributed by atoms with Crippen LogP contribution in [0.1, 0.15) is 43.0 Å². The number of hydrogen-bond donors (Lipinski definition) is 0. The number of ether oxygens (including phenoxy) is 1. The summed E-state index contributed by atoms with van der Waals surface area (Å²) in [6, 6.07) is 15.5. The van der Waals surface area contributed by atoms with Crippen LogP contribution in [0.4, 0.5) is 0 Å². The van der Waals surface area contributed by atoms with Crippen LogP contribution in [0, 0.1) is 0 Å². The molecule has 122 valence electrons. The van der Waals surface area contributed by atoms with E-state index in [0.717, 1.165) is 31.9 Å². The van der Waals surface area contributed by atoms with Gasteiger partial charge < -0.3 is 4.74 Å². The van der Waals surface area contributed by atoms with E-state index >= 15 is 0 Å². The topological polar surface area (TPSA) is 12.5 Å². The lowest BCUT2D eigenvalue weighted by Crippen LogP contribution is -2.18. The summed E-state index contributed by atoms with van der Waals surface area (Å²) in [5, 5.41) is 0. The van der Waals surface area contributed by atoms with Crippen LogP contribution < -0.4 is 4.74 Å². The number of fused-ring (bicyclic) bond motifs is 1. The zero-order valence-electron chi connectivity index (χ0n) is 14.7. The van der Waals surface area contributed by atoms with Gasteiger partial charge in [0.2, 0.25) is 0 Å². The highest BCUT2D eigenvalue weighted by Gasteiger charge is 2.17. The Balaban J connectivity index is 1.66. The summed E-state index contributed by atoms with van der Waals surface area (Å²) in [5.41, 5.74) is 5.61. The van der Waals surface area contributed by atoms with Gasteiger partial charge in [-0.1, -0.05) is 63.2 Å². The van der Waals surface area contributed by atoms with Gasteiger partial charge in [0.15, 0.2) is 0 Å². The average Bonchev–Trinajstić information content (AvgIpc) is 2.96. The van der Waals surface area contributed by atoms with E-state index in [0.29, 0.717) is 0 Å². The molecule has 0 amide bonds. The van der Waals surface area contributed by atoms with Gasteiger partial charge in [-0.05, 0) is 29.2 Å². The maximum absolute atomic E-state index is 5.81. The van der Waals surface area contributed by atoms with Crippen molar-refractivity contribution in [1.29, 1.82) is 0 Å². The first kappa shape index (κ1) is 16.1. The Bertz CT molecular complexity index is 667. The van der Waals surface area contributed by atoms with Gasteiger partial charge in [-0.25, -0.2) is 0 Å². The lowest BCUT2D eigenvalue weighted by Gasteiger charge is -2.21. The monoisotopic (exact) mass is 309 g/mol. The first-order chi connectivity index (χ1) is 10.9. The molecule has 0 aliphatic carbocycles. The molecule has 3 rings (SSSR count). The van der Waals surface area contributed by atoms with Crippen LogP contribution in [0.25, 0.3) is 0 Å². The second-order valence-electron chi connectivity index (χ2n) is 7.62. The van der Waals surface area contributed by atoms with Crippen LogP contribution in [-0.4, -0.2) is 18.6 Å². The van der Waals surface area contributed by atoms with E-state index < -0.39 is 0 Å². The molecule has 2 heteroatoms. The van der Waals surface area contributed by atoms with Crippen molar-refractivity contribution >= 4 is 0 Å². The van der Waals surface area contributed by atoms with Crippen LogP contribution >= 0.6 is 0 Å². The Labute approximate surface area is 140 Å². The largest absolute Gasteiger partial charge is 0.493 e. The Morgan fingerprint density at radius 3 is 2.43 bits per heavy atom. The maximum atomic E-state index is 5.81. The minimum absolute atomic E-state index is 0.215. The number of benzene rings is 2. The minimum Gasteiger partial charge on any atom is -0.493 e. The summed E-state index contributed by atoms with van der Waals surface area (Å²) in [6.07, 6.45) is 1.04. The van der Waals surface area contributed by atoms with Crippen LogP contribution in [0.2, 0.25) is 0 Å². The smallest absolute Gasteiger partial charge is 0.127 e. The van der Waals surface area contributed by atoms with Gasteiger partial charge in [-0.2, -0.15) is 0 Å². The van der Waals surface area contributed by atoms with Gasteiger partial charge >= 0.3 is 0 Å². The molecule has 0 unspecified atom stereocenters. The summed E-state index contributed by atoms with van der Waals surface area (Å²) >= 11 is 0. The van der Waals surface area contributed by atoms with Gasteiger partial charge in [0.25, 0.3) is 0 Å². The summed E-state index contributed by atoms with van der Waals surface area (Å²) in [7, 11) is 2.17. The molecule has 0 N–H and O–H groups in total. The van der Waals surface area contributed by atoms with E-state index in [-0.39, 0.29) is 5.41 Å². The van der Waals surface area contributed by atoms with E-state index in [4.69, 9.17) is 4.74 Å². The molecule has 1 aliphatic rings. The molecule has 2 aromatic rings. The van der Waals surface area contributed by atoms with Gasteiger partial charge in [-0.15, -0.1) is 0 Å². The summed E-state index contributed by atoms with van der Waals surface area (Å²) in [6.45, 7) is 9.46. The first-order valence-corrected chi connectivity index (χ1v) is 8.45. The molecule has 0 aromatic heterocycles. The highest BCUT2D eigenvalue weighted by atomic mass is 16.5. The molecule has 2 nitrogen and oxygen atoms in total. The second kappa shape index (κ2) is 6.37. The minimum atomic E-state index is 0.215. The average molecular weight is 309 g/mol. The zero-order chi connectivity index (χ0) is 16.4. The third-order valence-corrected chi connectivity index (χ3v) is 4.51. The summed E-state index contributed by atoms with van der Waals surface area (Å²) in [5.74, 6) is 1.11. The molecular formula is C21H27NO. The van der Waals surface area contributed by atoms with Gasteiger partial charge in [0, 0.05) is 25.1 Å². The predicted octanol–water partition coefficient (Wildman–Crippen LogP) is 4.55. The van der Waals surface area contributed by atoms with E-state index in [1.807, 2.05) is 0 Å². The number of para-hydroxylation sites is 1. The van der Waals surface area contributed by atoms with Crippen molar-refractivity contribution in [3.05, 3.63) is 64.7 Å². The fourth-order valence-electron chi connectivity index (χ4n) is 3.18. The van der Waals surface area contributed by atoms with E-state index in [1.54, 1.807) is 0 Å². The number of rotatable bonds is 4. The third kappa shape index (κ3) is 3.76. The SMILES string of the molecule is CN(Cc1ccc(C(C)(C)C)cc1)Cc1cccc2c1OCC2. The van der Waals surface area contributed by atoms with E-state index in [1.165, 1.54) is 22.3 Å². The predicted molar refractivity (Wildman–Crippen MR) is 96.0 cm³/mol. The van der Waals surface area contributed by atoms with Gasteiger partial charge in [0.05, 0.1) is 6.61 Å². The fourth-order valence-corrected chi connectivity index (χ4v) is 3.18. The van der Waals surface area contributed by atoms with Gasteiger partial charge in [-0.3, -0.25) is 4.90 Å². The molecule has 0 saturated heterocycles. The van der Waals surface area contributed by atoms with Crippen molar-refractivity contribution in [2.75, 3.05) is 13.7 Å².